The second kappa shape index (κ2) is 10.3. The Morgan fingerprint density at radius 2 is 2.08 bits per heavy atom. The largest absolute Gasteiger partial charge is 0.459 e. The molecule has 0 unspecified atom stereocenters. The first kappa shape index (κ1) is 23.2. The summed E-state index contributed by atoms with van der Waals surface area (Å²) in [7, 11) is 3.94. The first-order valence-corrected chi connectivity index (χ1v) is 8.43. The van der Waals surface area contributed by atoms with E-state index in [4.69, 9.17) is 4.74 Å². The fourth-order valence-corrected chi connectivity index (χ4v) is 2.60. The molecule has 8 heteroatoms. The van der Waals surface area contributed by atoms with Crippen molar-refractivity contribution in [1.82, 2.24) is 14.8 Å². The Bertz CT molecular complexity index is 567. The van der Waals surface area contributed by atoms with Crippen molar-refractivity contribution >= 4 is 51.8 Å². The van der Waals surface area contributed by atoms with Crippen LogP contribution in [0.4, 0.5) is 0 Å². The second-order valence-corrected chi connectivity index (χ2v) is 7.29. The normalized spacial score (nSPS) is 11.7. The number of guanidine groups is 1. The number of aliphatic imine (C=N–C) groups is 1. The van der Waals surface area contributed by atoms with Crippen molar-refractivity contribution in [1.29, 1.82) is 0 Å². The van der Waals surface area contributed by atoms with Gasteiger partial charge in [-0.2, -0.15) is 0 Å². The quantitative estimate of drug-likeness (QED) is 0.284. The third kappa shape index (κ3) is 8.36. The molecule has 0 saturated heterocycles. The Balaban J connectivity index is 0.00000529. The maximum absolute atomic E-state index is 11.8. The topological polar surface area (TPSA) is 58.9 Å². The predicted molar refractivity (Wildman–Crippen MR) is 112 cm³/mol. The summed E-state index contributed by atoms with van der Waals surface area (Å²) >= 11 is 3.47. The smallest absolute Gasteiger partial charge is 0.328 e. The van der Waals surface area contributed by atoms with Crippen LogP contribution in [0.2, 0.25) is 0 Å². The van der Waals surface area contributed by atoms with Crippen LogP contribution < -0.4 is 5.32 Å². The molecule has 0 fully saturated rings. The molecule has 1 aromatic heterocycles. The maximum atomic E-state index is 11.8. The summed E-state index contributed by atoms with van der Waals surface area (Å²) in [6.45, 7) is 8.95. The Kier molecular flexibility index (Phi) is 9.94. The Labute approximate surface area is 170 Å². The molecular weight excluding hydrogens is 487 g/mol. The predicted octanol–water partition coefficient (Wildman–Crippen LogP) is 3.14. The van der Waals surface area contributed by atoms with Crippen molar-refractivity contribution < 1.29 is 9.53 Å². The summed E-state index contributed by atoms with van der Waals surface area (Å²) in [4.78, 5) is 18.2. The van der Waals surface area contributed by atoms with Gasteiger partial charge in [-0.25, -0.2) is 4.99 Å². The Hall–Kier alpha value is -0.770. The number of nitrogens with zero attached hydrogens (tertiary/aromatic N) is 3. The number of aromatic nitrogens is 1. The standard InChI is InChI=1S/C16H27BrN4O2.HI/c1-7-18-15(19-9-14(22)23-16(2,3)4)21(6)11-13-8-12(17)10-20(13)5;/h8,10H,7,9,11H2,1-6H3,(H,18,19);1H. The lowest BCUT2D eigenvalue weighted by molar-refractivity contribution is -0.152. The highest BCUT2D eigenvalue weighted by Crippen LogP contribution is 2.15. The molecule has 0 amide bonds. The zero-order valence-electron chi connectivity index (χ0n) is 15.2. The number of ether oxygens (including phenoxy) is 1. The van der Waals surface area contributed by atoms with E-state index in [9.17, 15) is 4.79 Å². The van der Waals surface area contributed by atoms with Gasteiger partial charge in [0.05, 0.1) is 6.54 Å². The van der Waals surface area contributed by atoms with Crippen molar-refractivity contribution in [3.05, 3.63) is 22.4 Å². The van der Waals surface area contributed by atoms with Gasteiger partial charge in [0.15, 0.2) is 5.96 Å². The number of halogens is 2. The Morgan fingerprint density at radius 3 is 2.54 bits per heavy atom. The molecule has 0 radical (unpaired) electrons. The minimum Gasteiger partial charge on any atom is -0.459 e. The van der Waals surface area contributed by atoms with Gasteiger partial charge >= 0.3 is 5.97 Å². The van der Waals surface area contributed by atoms with Crippen LogP contribution in [-0.2, 0) is 23.1 Å². The molecule has 0 aliphatic heterocycles. The lowest BCUT2D eigenvalue weighted by atomic mass is 10.2. The van der Waals surface area contributed by atoms with E-state index in [0.717, 1.165) is 16.7 Å². The first-order valence-electron chi connectivity index (χ1n) is 7.64. The monoisotopic (exact) mass is 514 g/mol. The number of nitrogens with one attached hydrogen (secondary N) is 1. The van der Waals surface area contributed by atoms with Crippen LogP contribution in [0.15, 0.2) is 21.7 Å². The van der Waals surface area contributed by atoms with Gasteiger partial charge in [0.2, 0.25) is 0 Å². The van der Waals surface area contributed by atoms with Crippen molar-refractivity contribution in [3.8, 4) is 0 Å². The highest BCUT2D eigenvalue weighted by atomic mass is 127. The second-order valence-electron chi connectivity index (χ2n) is 6.37. The van der Waals surface area contributed by atoms with Crippen LogP contribution in [0.3, 0.4) is 0 Å². The van der Waals surface area contributed by atoms with Gasteiger partial charge in [-0.05, 0) is 49.7 Å². The fourth-order valence-electron chi connectivity index (χ4n) is 2.02. The summed E-state index contributed by atoms with van der Waals surface area (Å²) in [5.41, 5.74) is 0.647. The molecule has 1 rings (SSSR count). The van der Waals surface area contributed by atoms with Crippen molar-refractivity contribution in [3.63, 3.8) is 0 Å². The van der Waals surface area contributed by atoms with Crippen molar-refractivity contribution in [2.75, 3.05) is 20.1 Å². The fraction of sp³-hybridized carbons (Fsp3) is 0.625. The maximum Gasteiger partial charge on any atom is 0.328 e. The number of esters is 1. The molecule has 24 heavy (non-hydrogen) atoms. The van der Waals surface area contributed by atoms with Crippen LogP contribution in [0.5, 0.6) is 0 Å². The van der Waals surface area contributed by atoms with E-state index in [0.29, 0.717) is 12.5 Å². The Morgan fingerprint density at radius 1 is 1.46 bits per heavy atom. The van der Waals surface area contributed by atoms with Gasteiger partial charge in [-0.1, -0.05) is 0 Å². The summed E-state index contributed by atoms with van der Waals surface area (Å²) in [6, 6.07) is 2.06. The molecule has 0 aliphatic rings. The highest BCUT2D eigenvalue weighted by molar-refractivity contribution is 14.0. The van der Waals surface area contributed by atoms with E-state index in [1.54, 1.807) is 0 Å². The van der Waals surface area contributed by atoms with Gasteiger partial charge < -0.3 is 19.5 Å². The zero-order chi connectivity index (χ0) is 17.6. The molecule has 1 aromatic rings. The molecule has 0 atom stereocenters. The van der Waals surface area contributed by atoms with Gasteiger partial charge in [0.1, 0.15) is 12.1 Å². The van der Waals surface area contributed by atoms with E-state index in [2.05, 4.69) is 36.9 Å². The van der Waals surface area contributed by atoms with E-state index >= 15 is 0 Å². The van der Waals surface area contributed by atoms with Crippen LogP contribution in [0.1, 0.15) is 33.4 Å². The summed E-state index contributed by atoms with van der Waals surface area (Å²) in [6.07, 6.45) is 2.01. The highest BCUT2D eigenvalue weighted by Gasteiger charge is 2.16. The molecule has 1 heterocycles. The number of rotatable bonds is 5. The van der Waals surface area contributed by atoms with E-state index in [1.165, 1.54) is 0 Å². The third-order valence-electron chi connectivity index (χ3n) is 2.95. The summed E-state index contributed by atoms with van der Waals surface area (Å²) in [5.74, 6) is 0.346. The molecule has 6 nitrogen and oxygen atoms in total. The zero-order valence-corrected chi connectivity index (χ0v) is 19.1. The van der Waals surface area contributed by atoms with Gasteiger partial charge in [-0.3, -0.25) is 4.79 Å². The third-order valence-corrected chi connectivity index (χ3v) is 3.38. The van der Waals surface area contributed by atoms with Gasteiger partial charge in [0, 0.05) is 37.0 Å². The summed E-state index contributed by atoms with van der Waals surface area (Å²) < 4.78 is 8.38. The van der Waals surface area contributed by atoms with Crippen molar-refractivity contribution in [2.24, 2.45) is 12.0 Å². The molecule has 138 valence electrons. The van der Waals surface area contributed by atoms with E-state index in [1.807, 2.05) is 52.9 Å². The molecule has 0 aliphatic carbocycles. The average Bonchev–Trinajstić information content (AvgIpc) is 2.70. The van der Waals surface area contributed by atoms with E-state index < -0.39 is 5.60 Å². The average molecular weight is 515 g/mol. The van der Waals surface area contributed by atoms with E-state index in [-0.39, 0.29) is 36.5 Å². The minimum absolute atomic E-state index is 0. The van der Waals surface area contributed by atoms with Gasteiger partial charge in [0.25, 0.3) is 0 Å². The number of carbonyl (C=O) groups is 1. The summed E-state index contributed by atoms with van der Waals surface area (Å²) in [5, 5.41) is 3.19. The van der Waals surface area contributed by atoms with Crippen LogP contribution in [0, 0.1) is 0 Å². The van der Waals surface area contributed by atoms with Crippen LogP contribution in [0.25, 0.3) is 0 Å². The molecule has 0 bridgehead atoms. The van der Waals surface area contributed by atoms with Gasteiger partial charge in [-0.15, -0.1) is 24.0 Å². The number of hydrogen-bond acceptors (Lipinski definition) is 3. The molecule has 0 spiro atoms. The number of carbonyl (C=O) groups excluding carboxylic acids is 1. The molecule has 0 aromatic carbocycles. The molecule has 1 N–H and O–H groups in total. The lowest BCUT2D eigenvalue weighted by Gasteiger charge is -2.23. The lowest BCUT2D eigenvalue weighted by Crippen LogP contribution is -2.39. The SMILES string of the molecule is CCNC(=NCC(=O)OC(C)(C)C)N(C)Cc1cc(Br)cn1C.I. The first-order chi connectivity index (χ1) is 10.6. The minimum atomic E-state index is -0.494. The molecule has 0 saturated carbocycles. The molecular formula is C16H28BrIN4O2. The van der Waals surface area contributed by atoms with Crippen molar-refractivity contribution in [2.45, 2.75) is 39.8 Å². The number of aryl methyl sites for hydroxylation is 1. The van der Waals surface area contributed by atoms with Crippen LogP contribution in [-0.4, -0.2) is 47.1 Å². The van der Waals surface area contributed by atoms with Crippen LogP contribution >= 0.6 is 39.9 Å². The number of hydrogen-bond donors (Lipinski definition) is 1.